The summed E-state index contributed by atoms with van der Waals surface area (Å²) in [5.74, 6) is -0.0743. The Morgan fingerprint density at radius 1 is 1.17 bits per heavy atom. The summed E-state index contributed by atoms with van der Waals surface area (Å²) >= 11 is 8.88. The molecule has 0 radical (unpaired) electrons. The summed E-state index contributed by atoms with van der Waals surface area (Å²) in [5.41, 5.74) is 1.37. The molecule has 0 atom stereocenters. The van der Waals surface area contributed by atoms with Crippen molar-refractivity contribution in [2.45, 2.75) is 10.1 Å². The molecule has 1 N–H and O–H groups in total. The molecule has 0 saturated carbocycles. The van der Waals surface area contributed by atoms with Gasteiger partial charge in [-0.15, -0.1) is 10.2 Å². The summed E-state index contributed by atoms with van der Waals surface area (Å²) in [6.07, 6.45) is 0. The number of thioether (sulfide) groups is 1. The molecule has 3 aromatic rings. The van der Waals surface area contributed by atoms with E-state index in [1.807, 2.05) is 24.3 Å². The number of hydrogen-bond acceptors (Lipinski definition) is 5. The minimum Gasteiger partial charge on any atom is -0.296 e. The fourth-order valence-electron chi connectivity index (χ4n) is 1.84. The first-order chi connectivity index (χ1) is 11.6. The zero-order valence-electron chi connectivity index (χ0n) is 12.2. The van der Waals surface area contributed by atoms with Crippen molar-refractivity contribution in [3.8, 4) is 0 Å². The number of anilines is 1. The van der Waals surface area contributed by atoms with Crippen molar-refractivity contribution in [3.63, 3.8) is 0 Å². The molecule has 0 bridgehead atoms. The van der Waals surface area contributed by atoms with Crippen LogP contribution in [0.25, 0.3) is 0 Å². The fraction of sp³-hybridized carbons (Fsp3) is 0.0625. The van der Waals surface area contributed by atoms with Gasteiger partial charge in [0.05, 0.1) is 0 Å². The highest BCUT2D eigenvalue weighted by atomic mass is 35.5. The maximum Gasteiger partial charge on any atom is 0.257 e. The van der Waals surface area contributed by atoms with Gasteiger partial charge in [-0.2, -0.15) is 0 Å². The predicted octanol–water partition coefficient (Wildman–Crippen LogP) is 4.88. The van der Waals surface area contributed by atoms with Crippen molar-refractivity contribution in [2.24, 2.45) is 0 Å². The predicted molar refractivity (Wildman–Crippen MR) is 95.3 cm³/mol. The third-order valence-corrected chi connectivity index (χ3v) is 5.43. The lowest BCUT2D eigenvalue weighted by molar-refractivity contribution is 0.102. The Kier molecular flexibility index (Phi) is 5.44. The number of nitrogens with zero attached hydrogens (tertiary/aromatic N) is 2. The van der Waals surface area contributed by atoms with Crippen LogP contribution in [0.1, 0.15) is 15.9 Å². The SMILES string of the molecule is O=C(Nc1nnc(SCc2ccccc2Cl)s1)c1ccc(F)cc1. The lowest BCUT2D eigenvalue weighted by atomic mass is 10.2. The molecule has 3 rings (SSSR count). The maximum atomic E-state index is 12.9. The number of rotatable bonds is 5. The van der Waals surface area contributed by atoms with E-state index < -0.39 is 0 Å². The molecule has 0 saturated heterocycles. The maximum absolute atomic E-state index is 12.9. The number of benzene rings is 2. The van der Waals surface area contributed by atoms with E-state index in [0.717, 1.165) is 9.90 Å². The van der Waals surface area contributed by atoms with Gasteiger partial charge in [0.15, 0.2) is 4.34 Å². The molecule has 0 aliphatic heterocycles. The van der Waals surface area contributed by atoms with Crippen LogP contribution >= 0.6 is 34.7 Å². The van der Waals surface area contributed by atoms with Gasteiger partial charge in [0.2, 0.25) is 5.13 Å². The fourth-order valence-corrected chi connectivity index (χ4v) is 3.88. The van der Waals surface area contributed by atoms with Crippen molar-refractivity contribution < 1.29 is 9.18 Å². The van der Waals surface area contributed by atoms with Crippen molar-refractivity contribution in [2.75, 3.05) is 5.32 Å². The second-order valence-corrected chi connectivity index (χ2v) is 7.32. The van der Waals surface area contributed by atoms with Crippen molar-refractivity contribution in [1.29, 1.82) is 0 Å². The van der Waals surface area contributed by atoms with Crippen LogP contribution in [0, 0.1) is 5.82 Å². The summed E-state index contributed by atoms with van der Waals surface area (Å²) in [4.78, 5) is 12.0. The van der Waals surface area contributed by atoms with Crippen LogP contribution in [0.15, 0.2) is 52.9 Å². The number of nitrogens with one attached hydrogen (secondary N) is 1. The third-order valence-electron chi connectivity index (χ3n) is 3.04. The molecular formula is C16H11ClFN3OS2. The molecule has 0 aliphatic carbocycles. The standard InChI is InChI=1S/C16H11ClFN3OS2/c17-13-4-2-1-3-11(13)9-23-16-21-20-15(24-16)19-14(22)10-5-7-12(18)8-6-10/h1-8H,9H2,(H,19,20,22). The normalized spacial score (nSPS) is 10.6. The molecule has 24 heavy (non-hydrogen) atoms. The van der Waals surface area contributed by atoms with Gasteiger partial charge in [-0.05, 0) is 35.9 Å². The Bertz CT molecular complexity index is 855. The van der Waals surface area contributed by atoms with Crippen LogP contribution in [0.5, 0.6) is 0 Å². The molecule has 0 spiro atoms. The molecule has 1 heterocycles. The van der Waals surface area contributed by atoms with Crippen molar-refractivity contribution >= 4 is 45.7 Å². The number of amides is 1. The highest BCUT2D eigenvalue weighted by Gasteiger charge is 2.11. The smallest absolute Gasteiger partial charge is 0.257 e. The van der Waals surface area contributed by atoms with Gasteiger partial charge < -0.3 is 0 Å². The minimum absolute atomic E-state index is 0.353. The molecule has 0 aliphatic rings. The van der Waals surface area contributed by atoms with E-state index in [2.05, 4.69) is 15.5 Å². The van der Waals surface area contributed by atoms with E-state index in [0.29, 0.717) is 21.5 Å². The van der Waals surface area contributed by atoms with Crippen LogP contribution < -0.4 is 5.32 Å². The van der Waals surface area contributed by atoms with E-state index in [4.69, 9.17) is 11.6 Å². The van der Waals surface area contributed by atoms with Crippen LogP contribution in [-0.4, -0.2) is 16.1 Å². The van der Waals surface area contributed by atoms with Gasteiger partial charge in [0, 0.05) is 16.3 Å². The second-order valence-electron chi connectivity index (χ2n) is 4.71. The van der Waals surface area contributed by atoms with Crippen LogP contribution in [0.4, 0.5) is 9.52 Å². The highest BCUT2D eigenvalue weighted by Crippen LogP contribution is 2.30. The Balaban J connectivity index is 1.60. The van der Waals surface area contributed by atoms with Crippen LogP contribution in [-0.2, 0) is 5.75 Å². The number of aromatic nitrogens is 2. The molecule has 4 nitrogen and oxygen atoms in total. The first kappa shape index (κ1) is 16.9. The largest absolute Gasteiger partial charge is 0.296 e. The number of halogens is 2. The second kappa shape index (κ2) is 7.74. The third kappa shape index (κ3) is 4.31. The van der Waals surface area contributed by atoms with Gasteiger partial charge >= 0.3 is 0 Å². The molecule has 0 unspecified atom stereocenters. The molecule has 8 heteroatoms. The molecule has 2 aromatic carbocycles. The summed E-state index contributed by atoms with van der Waals surface area (Å²) in [7, 11) is 0. The minimum atomic E-state index is -0.388. The van der Waals surface area contributed by atoms with Gasteiger partial charge in [-0.3, -0.25) is 10.1 Å². The topological polar surface area (TPSA) is 54.9 Å². The molecule has 1 amide bonds. The Hall–Kier alpha value is -1.96. The van der Waals surface area contributed by atoms with Crippen molar-refractivity contribution in [3.05, 3.63) is 70.5 Å². The first-order valence-electron chi connectivity index (χ1n) is 6.88. The van der Waals surface area contributed by atoms with E-state index in [1.54, 1.807) is 0 Å². The number of carbonyl (C=O) groups is 1. The van der Waals surface area contributed by atoms with Crippen LogP contribution in [0.3, 0.4) is 0 Å². The summed E-state index contributed by atoms with van der Waals surface area (Å²) in [6, 6.07) is 12.9. The Morgan fingerprint density at radius 2 is 1.92 bits per heavy atom. The Labute approximate surface area is 151 Å². The average Bonchev–Trinajstić information content (AvgIpc) is 3.02. The quantitative estimate of drug-likeness (QED) is 0.507. The molecule has 1 aromatic heterocycles. The zero-order chi connectivity index (χ0) is 16.9. The number of hydrogen-bond donors (Lipinski definition) is 1. The van der Waals surface area contributed by atoms with E-state index in [-0.39, 0.29) is 11.7 Å². The summed E-state index contributed by atoms with van der Waals surface area (Å²) in [5, 5.41) is 11.7. The lowest BCUT2D eigenvalue weighted by Gasteiger charge is -2.01. The average molecular weight is 380 g/mol. The van der Waals surface area contributed by atoms with E-state index in [9.17, 15) is 9.18 Å². The van der Waals surface area contributed by atoms with Crippen LogP contribution in [0.2, 0.25) is 5.02 Å². The van der Waals surface area contributed by atoms with Gasteiger partial charge in [0.25, 0.3) is 5.91 Å². The van der Waals surface area contributed by atoms with E-state index in [1.165, 1.54) is 47.4 Å². The Morgan fingerprint density at radius 3 is 2.67 bits per heavy atom. The van der Waals surface area contributed by atoms with Gasteiger partial charge in [-0.1, -0.05) is 52.9 Å². The molecule has 0 fully saturated rings. The lowest BCUT2D eigenvalue weighted by Crippen LogP contribution is -2.11. The molecule has 122 valence electrons. The first-order valence-corrected chi connectivity index (χ1v) is 9.06. The van der Waals surface area contributed by atoms with E-state index >= 15 is 0 Å². The monoisotopic (exact) mass is 379 g/mol. The van der Waals surface area contributed by atoms with Crippen molar-refractivity contribution in [1.82, 2.24) is 10.2 Å². The zero-order valence-corrected chi connectivity index (χ0v) is 14.6. The summed E-state index contributed by atoms with van der Waals surface area (Å²) in [6.45, 7) is 0. The number of carbonyl (C=O) groups excluding carboxylic acids is 1. The summed E-state index contributed by atoms with van der Waals surface area (Å²) < 4.78 is 13.6. The van der Waals surface area contributed by atoms with Gasteiger partial charge in [-0.25, -0.2) is 4.39 Å². The van der Waals surface area contributed by atoms with Gasteiger partial charge in [0.1, 0.15) is 5.82 Å². The highest BCUT2D eigenvalue weighted by molar-refractivity contribution is 8.00. The molecular weight excluding hydrogens is 369 g/mol.